The van der Waals surface area contributed by atoms with Crippen molar-refractivity contribution in [1.82, 2.24) is 15.5 Å². The second-order valence-electron chi connectivity index (χ2n) is 8.97. The maximum atomic E-state index is 12.3. The third-order valence-electron chi connectivity index (χ3n) is 6.42. The minimum absolute atomic E-state index is 0.0591. The predicted octanol–water partition coefficient (Wildman–Crippen LogP) is 3.59. The van der Waals surface area contributed by atoms with E-state index >= 15 is 0 Å². The predicted molar refractivity (Wildman–Crippen MR) is 127 cm³/mol. The number of nitrogens with zero attached hydrogens (tertiary/aromatic N) is 2. The summed E-state index contributed by atoms with van der Waals surface area (Å²) < 4.78 is 5.65. The number of aliphatic imine (C=N–C) groups is 1. The number of guanidine groups is 1. The van der Waals surface area contributed by atoms with Gasteiger partial charge in [-0.25, -0.2) is 0 Å². The SMILES string of the molecule is CCNC(=NCC1(c2ccccc2Cl)CCOCC1)NC1CCN(C(=O)C(C)C)CC1. The standard InChI is InChI=1S/C24H37ClN4O2/c1-4-26-23(28-19-9-13-29(14-10-19)22(30)18(2)3)27-17-24(11-15-31-16-12-24)20-7-5-6-8-21(20)25/h5-8,18-19H,4,9-17H2,1-3H3,(H2,26,27,28). The van der Waals surface area contributed by atoms with Crippen molar-refractivity contribution in [3.05, 3.63) is 34.9 Å². The number of rotatable bonds is 6. The molecule has 0 atom stereocenters. The number of likely N-dealkylation sites (tertiary alicyclic amines) is 1. The lowest BCUT2D eigenvalue weighted by Crippen LogP contribution is -2.50. The van der Waals surface area contributed by atoms with E-state index in [0.717, 1.165) is 69.5 Å². The first kappa shape index (κ1) is 23.9. The number of nitrogens with one attached hydrogen (secondary N) is 2. The Balaban J connectivity index is 1.68. The molecule has 0 saturated carbocycles. The smallest absolute Gasteiger partial charge is 0.225 e. The van der Waals surface area contributed by atoms with Crippen LogP contribution in [0.1, 0.15) is 52.0 Å². The Hall–Kier alpha value is -1.79. The first-order chi connectivity index (χ1) is 14.9. The molecule has 6 nitrogen and oxygen atoms in total. The Bertz CT molecular complexity index is 754. The molecule has 0 spiro atoms. The maximum absolute atomic E-state index is 12.3. The summed E-state index contributed by atoms with van der Waals surface area (Å²) in [6.45, 7) is 10.5. The van der Waals surface area contributed by atoms with Gasteiger partial charge in [0, 0.05) is 55.2 Å². The highest BCUT2D eigenvalue weighted by Crippen LogP contribution is 2.38. The zero-order valence-electron chi connectivity index (χ0n) is 19.1. The van der Waals surface area contributed by atoms with Gasteiger partial charge in [-0.2, -0.15) is 0 Å². The highest BCUT2D eigenvalue weighted by molar-refractivity contribution is 6.31. The quantitative estimate of drug-likeness (QED) is 0.515. The van der Waals surface area contributed by atoms with Crippen molar-refractivity contribution in [3.63, 3.8) is 0 Å². The number of carbonyl (C=O) groups excluding carboxylic acids is 1. The van der Waals surface area contributed by atoms with Crippen LogP contribution in [-0.4, -0.2) is 62.2 Å². The normalized spacial score (nSPS) is 20.0. The van der Waals surface area contributed by atoms with Gasteiger partial charge in [0.15, 0.2) is 5.96 Å². The molecule has 2 saturated heterocycles. The molecule has 2 N–H and O–H groups in total. The lowest BCUT2D eigenvalue weighted by Gasteiger charge is -2.37. The van der Waals surface area contributed by atoms with Crippen molar-refractivity contribution in [3.8, 4) is 0 Å². The maximum Gasteiger partial charge on any atom is 0.225 e. The molecule has 0 aliphatic carbocycles. The van der Waals surface area contributed by atoms with E-state index in [0.29, 0.717) is 12.6 Å². The molecule has 0 bridgehead atoms. The van der Waals surface area contributed by atoms with Crippen LogP contribution < -0.4 is 10.6 Å². The second kappa shape index (κ2) is 11.2. The average molecular weight is 449 g/mol. The molecular formula is C24H37ClN4O2. The Morgan fingerprint density at radius 3 is 2.55 bits per heavy atom. The van der Waals surface area contributed by atoms with E-state index < -0.39 is 0 Å². The van der Waals surface area contributed by atoms with Crippen molar-refractivity contribution in [1.29, 1.82) is 0 Å². The Morgan fingerprint density at radius 2 is 1.94 bits per heavy atom. The van der Waals surface area contributed by atoms with Crippen LogP contribution in [0.3, 0.4) is 0 Å². The number of piperidine rings is 1. The summed E-state index contributed by atoms with van der Waals surface area (Å²) in [5.41, 5.74) is 1.06. The van der Waals surface area contributed by atoms with Gasteiger partial charge in [-0.1, -0.05) is 43.6 Å². The van der Waals surface area contributed by atoms with Crippen molar-refractivity contribution in [2.24, 2.45) is 10.9 Å². The number of ether oxygens (including phenoxy) is 1. The Kier molecular flexibility index (Phi) is 8.61. The van der Waals surface area contributed by atoms with E-state index in [1.165, 1.54) is 5.56 Å². The minimum Gasteiger partial charge on any atom is -0.381 e. The van der Waals surface area contributed by atoms with Gasteiger partial charge in [0.1, 0.15) is 0 Å². The van der Waals surface area contributed by atoms with Crippen molar-refractivity contribution in [2.45, 2.75) is 57.9 Å². The average Bonchev–Trinajstić information content (AvgIpc) is 2.78. The molecule has 2 fully saturated rings. The van der Waals surface area contributed by atoms with Crippen LogP contribution in [0.2, 0.25) is 5.02 Å². The monoisotopic (exact) mass is 448 g/mol. The molecular weight excluding hydrogens is 412 g/mol. The van der Waals surface area contributed by atoms with Gasteiger partial charge in [-0.3, -0.25) is 9.79 Å². The highest BCUT2D eigenvalue weighted by atomic mass is 35.5. The largest absolute Gasteiger partial charge is 0.381 e. The van der Waals surface area contributed by atoms with Gasteiger partial charge in [0.05, 0.1) is 6.54 Å². The summed E-state index contributed by atoms with van der Waals surface area (Å²) in [6.07, 6.45) is 3.70. The molecule has 0 radical (unpaired) electrons. The highest BCUT2D eigenvalue weighted by Gasteiger charge is 2.36. The number of hydrogen-bond acceptors (Lipinski definition) is 3. The number of carbonyl (C=O) groups is 1. The molecule has 2 heterocycles. The van der Waals surface area contributed by atoms with Crippen LogP contribution in [-0.2, 0) is 14.9 Å². The van der Waals surface area contributed by atoms with E-state index in [-0.39, 0.29) is 17.2 Å². The Morgan fingerprint density at radius 1 is 1.26 bits per heavy atom. The van der Waals surface area contributed by atoms with E-state index in [4.69, 9.17) is 21.3 Å². The molecule has 2 aliphatic heterocycles. The first-order valence-corrected chi connectivity index (χ1v) is 12.0. The zero-order chi connectivity index (χ0) is 22.3. The molecule has 0 unspecified atom stereocenters. The van der Waals surface area contributed by atoms with Crippen molar-refractivity contribution in [2.75, 3.05) is 39.4 Å². The lowest BCUT2D eigenvalue weighted by molar-refractivity contribution is -0.135. The van der Waals surface area contributed by atoms with Crippen LogP contribution in [0, 0.1) is 5.92 Å². The van der Waals surface area contributed by atoms with Crippen molar-refractivity contribution < 1.29 is 9.53 Å². The molecule has 2 aliphatic rings. The molecule has 1 amide bonds. The lowest BCUT2D eigenvalue weighted by atomic mass is 9.74. The number of hydrogen-bond donors (Lipinski definition) is 2. The molecule has 31 heavy (non-hydrogen) atoms. The van der Waals surface area contributed by atoms with Gasteiger partial charge in [0.2, 0.25) is 5.91 Å². The van der Waals surface area contributed by atoms with Gasteiger partial charge >= 0.3 is 0 Å². The topological polar surface area (TPSA) is 66.0 Å². The minimum atomic E-state index is -0.105. The van der Waals surface area contributed by atoms with Crippen LogP contribution in [0.4, 0.5) is 0 Å². The van der Waals surface area contributed by atoms with Gasteiger partial charge in [-0.15, -0.1) is 0 Å². The van der Waals surface area contributed by atoms with Gasteiger partial charge < -0.3 is 20.3 Å². The third kappa shape index (κ3) is 6.13. The fraction of sp³-hybridized carbons (Fsp3) is 0.667. The molecule has 0 aromatic heterocycles. The van der Waals surface area contributed by atoms with Gasteiger partial charge in [0.25, 0.3) is 0 Å². The van der Waals surface area contributed by atoms with E-state index in [1.807, 2.05) is 30.9 Å². The van der Waals surface area contributed by atoms with E-state index in [9.17, 15) is 4.79 Å². The van der Waals surface area contributed by atoms with Crippen LogP contribution >= 0.6 is 11.6 Å². The first-order valence-electron chi connectivity index (χ1n) is 11.6. The molecule has 172 valence electrons. The summed E-state index contributed by atoms with van der Waals surface area (Å²) >= 11 is 6.59. The van der Waals surface area contributed by atoms with Crippen LogP contribution in [0.5, 0.6) is 0 Å². The third-order valence-corrected chi connectivity index (χ3v) is 6.75. The van der Waals surface area contributed by atoms with E-state index in [1.54, 1.807) is 0 Å². The zero-order valence-corrected chi connectivity index (χ0v) is 19.9. The molecule has 7 heteroatoms. The van der Waals surface area contributed by atoms with E-state index in [2.05, 4.69) is 29.7 Å². The number of amides is 1. The number of benzene rings is 1. The Labute approximate surface area is 191 Å². The second-order valence-corrected chi connectivity index (χ2v) is 9.37. The number of halogens is 1. The summed E-state index contributed by atoms with van der Waals surface area (Å²) in [4.78, 5) is 19.2. The fourth-order valence-electron chi connectivity index (χ4n) is 4.52. The summed E-state index contributed by atoms with van der Waals surface area (Å²) in [7, 11) is 0. The molecule has 3 rings (SSSR count). The summed E-state index contributed by atoms with van der Waals surface area (Å²) in [5, 5.41) is 7.81. The van der Waals surface area contributed by atoms with Crippen LogP contribution in [0.25, 0.3) is 0 Å². The molecule has 1 aromatic rings. The summed E-state index contributed by atoms with van der Waals surface area (Å²) in [5.74, 6) is 1.15. The fourth-order valence-corrected chi connectivity index (χ4v) is 4.86. The van der Waals surface area contributed by atoms with Gasteiger partial charge in [-0.05, 0) is 44.2 Å². The van der Waals surface area contributed by atoms with Crippen LogP contribution in [0.15, 0.2) is 29.3 Å². The van der Waals surface area contributed by atoms with Crippen molar-refractivity contribution >= 4 is 23.5 Å². The summed E-state index contributed by atoms with van der Waals surface area (Å²) in [6, 6.07) is 8.44. The molecule has 1 aromatic carbocycles.